The molecule has 2 heterocycles. The number of aryl methyl sites for hydroxylation is 1. The van der Waals surface area contributed by atoms with E-state index in [4.69, 9.17) is 4.52 Å². The standard InChI is InChI=1S/C20H18N4O3/c1-3-23-19(25)15-6-4-5-7-16(15)24(20(23)26)12-17-21-18(22-27-17)14-10-8-13(2)9-11-14/h4-11H,3,12H2,1-2H3. The van der Waals surface area contributed by atoms with Crippen LogP contribution in [0.2, 0.25) is 0 Å². The van der Waals surface area contributed by atoms with Crippen LogP contribution in [0.5, 0.6) is 0 Å². The van der Waals surface area contributed by atoms with E-state index >= 15 is 0 Å². The molecule has 0 N–H and O–H groups in total. The third-order valence-corrected chi connectivity index (χ3v) is 4.52. The molecule has 0 saturated carbocycles. The van der Waals surface area contributed by atoms with E-state index in [1.165, 1.54) is 9.13 Å². The van der Waals surface area contributed by atoms with Crippen LogP contribution in [-0.2, 0) is 13.1 Å². The van der Waals surface area contributed by atoms with Crippen LogP contribution < -0.4 is 11.2 Å². The molecule has 0 aliphatic rings. The Hall–Kier alpha value is -3.48. The van der Waals surface area contributed by atoms with Gasteiger partial charge < -0.3 is 4.52 Å². The quantitative estimate of drug-likeness (QED) is 0.557. The highest BCUT2D eigenvalue weighted by Crippen LogP contribution is 2.17. The van der Waals surface area contributed by atoms with Gasteiger partial charge in [0.2, 0.25) is 11.7 Å². The van der Waals surface area contributed by atoms with Crippen molar-refractivity contribution in [2.75, 3.05) is 0 Å². The van der Waals surface area contributed by atoms with Crippen LogP contribution in [-0.4, -0.2) is 19.3 Å². The van der Waals surface area contributed by atoms with Gasteiger partial charge in [-0.25, -0.2) is 4.79 Å². The van der Waals surface area contributed by atoms with E-state index in [0.29, 0.717) is 29.2 Å². The van der Waals surface area contributed by atoms with Crippen molar-refractivity contribution >= 4 is 10.9 Å². The first-order valence-corrected chi connectivity index (χ1v) is 8.70. The van der Waals surface area contributed by atoms with Gasteiger partial charge in [0.1, 0.15) is 6.54 Å². The van der Waals surface area contributed by atoms with Crippen LogP contribution >= 0.6 is 0 Å². The first kappa shape index (κ1) is 17.0. The number of benzene rings is 2. The largest absolute Gasteiger partial charge is 0.337 e. The minimum absolute atomic E-state index is 0.0957. The molecule has 136 valence electrons. The summed E-state index contributed by atoms with van der Waals surface area (Å²) in [5.41, 5.74) is 1.84. The maximum atomic E-state index is 12.8. The smallest absolute Gasteiger partial charge is 0.331 e. The Balaban J connectivity index is 1.80. The zero-order valence-corrected chi connectivity index (χ0v) is 15.0. The number of para-hydroxylation sites is 1. The van der Waals surface area contributed by atoms with Crippen molar-refractivity contribution in [1.29, 1.82) is 0 Å². The number of fused-ring (bicyclic) bond motifs is 1. The lowest BCUT2D eigenvalue weighted by Gasteiger charge is -2.11. The monoisotopic (exact) mass is 362 g/mol. The molecule has 0 atom stereocenters. The first-order chi connectivity index (χ1) is 13.1. The van der Waals surface area contributed by atoms with E-state index in [1.54, 1.807) is 31.2 Å². The van der Waals surface area contributed by atoms with Crippen LogP contribution in [0.3, 0.4) is 0 Å². The highest BCUT2D eigenvalue weighted by atomic mass is 16.5. The lowest BCUT2D eigenvalue weighted by Crippen LogP contribution is -2.39. The van der Waals surface area contributed by atoms with E-state index in [-0.39, 0.29) is 12.1 Å². The molecule has 0 aliphatic heterocycles. The van der Waals surface area contributed by atoms with Crippen molar-refractivity contribution < 1.29 is 4.52 Å². The van der Waals surface area contributed by atoms with Gasteiger partial charge in [-0.2, -0.15) is 4.98 Å². The van der Waals surface area contributed by atoms with Crippen molar-refractivity contribution in [3.63, 3.8) is 0 Å². The van der Waals surface area contributed by atoms with Gasteiger partial charge in [-0.3, -0.25) is 13.9 Å². The van der Waals surface area contributed by atoms with Gasteiger partial charge in [-0.1, -0.05) is 47.1 Å². The zero-order chi connectivity index (χ0) is 19.0. The molecule has 0 amide bonds. The predicted octanol–water partition coefficient (Wildman–Crippen LogP) is 2.59. The van der Waals surface area contributed by atoms with Gasteiger partial charge in [0.25, 0.3) is 5.56 Å². The summed E-state index contributed by atoms with van der Waals surface area (Å²) < 4.78 is 8.05. The molecular weight excluding hydrogens is 344 g/mol. The number of nitrogens with zero attached hydrogens (tertiary/aromatic N) is 4. The van der Waals surface area contributed by atoms with E-state index in [1.807, 2.05) is 31.2 Å². The first-order valence-electron chi connectivity index (χ1n) is 8.70. The maximum absolute atomic E-state index is 12.8. The molecule has 2 aromatic carbocycles. The van der Waals surface area contributed by atoms with Crippen molar-refractivity contribution in [1.82, 2.24) is 19.3 Å². The second-order valence-electron chi connectivity index (χ2n) is 6.31. The fourth-order valence-electron chi connectivity index (χ4n) is 3.08. The second kappa shape index (κ2) is 6.68. The third-order valence-electron chi connectivity index (χ3n) is 4.52. The van der Waals surface area contributed by atoms with E-state index in [0.717, 1.165) is 11.1 Å². The molecule has 0 fully saturated rings. The SMILES string of the molecule is CCn1c(=O)c2ccccc2n(Cc2nc(-c3ccc(C)cc3)no2)c1=O. The lowest BCUT2D eigenvalue weighted by atomic mass is 10.1. The molecule has 0 radical (unpaired) electrons. The van der Waals surface area contributed by atoms with Crippen LogP contribution in [0.1, 0.15) is 18.4 Å². The minimum Gasteiger partial charge on any atom is -0.337 e. The minimum atomic E-state index is -0.392. The van der Waals surface area contributed by atoms with E-state index in [9.17, 15) is 9.59 Å². The average molecular weight is 362 g/mol. The zero-order valence-electron chi connectivity index (χ0n) is 15.0. The average Bonchev–Trinajstić information content (AvgIpc) is 3.15. The normalized spacial score (nSPS) is 11.2. The Morgan fingerprint density at radius 1 is 1.00 bits per heavy atom. The van der Waals surface area contributed by atoms with Crippen LogP contribution in [0.4, 0.5) is 0 Å². The highest BCUT2D eigenvalue weighted by molar-refractivity contribution is 5.77. The highest BCUT2D eigenvalue weighted by Gasteiger charge is 2.15. The van der Waals surface area contributed by atoms with Gasteiger partial charge in [0.05, 0.1) is 10.9 Å². The number of hydrogen-bond donors (Lipinski definition) is 0. The molecule has 0 aliphatic carbocycles. The maximum Gasteiger partial charge on any atom is 0.331 e. The Labute approximate surface area is 154 Å². The van der Waals surface area contributed by atoms with Crippen LogP contribution in [0.15, 0.2) is 62.6 Å². The Bertz CT molecular complexity index is 1230. The van der Waals surface area contributed by atoms with Crippen LogP contribution in [0.25, 0.3) is 22.3 Å². The van der Waals surface area contributed by atoms with Crippen LogP contribution in [0, 0.1) is 6.92 Å². The Kier molecular flexibility index (Phi) is 4.19. The second-order valence-corrected chi connectivity index (χ2v) is 6.31. The van der Waals surface area contributed by atoms with Crippen molar-refractivity contribution in [3.05, 3.63) is 80.8 Å². The summed E-state index contributed by atoms with van der Waals surface area (Å²) in [7, 11) is 0. The molecular formula is C20H18N4O3. The van der Waals surface area contributed by atoms with Crippen molar-refractivity contribution in [3.8, 4) is 11.4 Å². The van der Waals surface area contributed by atoms with Gasteiger partial charge in [-0.05, 0) is 26.0 Å². The number of hydrogen-bond acceptors (Lipinski definition) is 5. The topological polar surface area (TPSA) is 82.9 Å². The summed E-state index contributed by atoms with van der Waals surface area (Å²) in [6.45, 7) is 4.16. The third kappa shape index (κ3) is 2.97. The molecule has 2 aromatic heterocycles. The summed E-state index contributed by atoms with van der Waals surface area (Å²) >= 11 is 0. The molecule has 0 bridgehead atoms. The summed E-state index contributed by atoms with van der Waals surface area (Å²) in [5.74, 6) is 0.769. The van der Waals surface area contributed by atoms with E-state index < -0.39 is 5.69 Å². The fourth-order valence-corrected chi connectivity index (χ4v) is 3.08. The predicted molar refractivity (Wildman–Crippen MR) is 102 cm³/mol. The van der Waals surface area contributed by atoms with Gasteiger partial charge >= 0.3 is 5.69 Å². The number of rotatable bonds is 4. The van der Waals surface area contributed by atoms with Gasteiger partial charge in [0.15, 0.2) is 0 Å². The van der Waals surface area contributed by atoms with Gasteiger partial charge in [-0.15, -0.1) is 0 Å². The van der Waals surface area contributed by atoms with Gasteiger partial charge in [0, 0.05) is 12.1 Å². The Morgan fingerprint density at radius 2 is 1.74 bits per heavy atom. The molecule has 0 unspecified atom stereocenters. The summed E-state index contributed by atoms with van der Waals surface area (Å²) in [5, 5.41) is 4.50. The summed E-state index contributed by atoms with van der Waals surface area (Å²) in [6, 6.07) is 14.8. The lowest BCUT2D eigenvalue weighted by molar-refractivity contribution is 0.369. The molecule has 7 nitrogen and oxygen atoms in total. The summed E-state index contributed by atoms with van der Waals surface area (Å²) in [6.07, 6.45) is 0. The molecule has 0 saturated heterocycles. The molecule has 27 heavy (non-hydrogen) atoms. The summed E-state index contributed by atoms with van der Waals surface area (Å²) in [4.78, 5) is 29.7. The van der Waals surface area contributed by atoms with Crippen molar-refractivity contribution in [2.24, 2.45) is 0 Å². The van der Waals surface area contributed by atoms with E-state index in [2.05, 4.69) is 10.1 Å². The fraction of sp³-hybridized carbons (Fsp3) is 0.200. The molecule has 4 rings (SSSR count). The molecule has 4 aromatic rings. The Morgan fingerprint density at radius 3 is 2.48 bits per heavy atom. The van der Waals surface area contributed by atoms with Crippen molar-refractivity contribution in [2.45, 2.75) is 26.9 Å². The molecule has 7 heteroatoms. The molecule has 0 spiro atoms. The number of aromatic nitrogens is 4.